The second-order valence-corrected chi connectivity index (χ2v) is 12.3. The summed E-state index contributed by atoms with van der Waals surface area (Å²) in [5.74, 6) is 0.873. The molecule has 0 atom stereocenters. The molecule has 0 bridgehead atoms. The Morgan fingerprint density at radius 3 is 1.90 bits per heavy atom. The van der Waals surface area contributed by atoms with Crippen LogP contribution >= 0.6 is 17.0 Å². The van der Waals surface area contributed by atoms with Gasteiger partial charge in [0.1, 0.15) is 0 Å². The average Bonchev–Trinajstić information content (AvgIpc) is 3.10. The summed E-state index contributed by atoms with van der Waals surface area (Å²) in [6.45, 7) is 13.3. The maximum absolute atomic E-state index is 4.93. The van der Waals surface area contributed by atoms with Gasteiger partial charge in [0.05, 0.1) is 0 Å². The van der Waals surface area contributed by atoms with Crippen molar-refractivity contribution in [1.29, 1.82) is 0 Å². The fourth-order valence-electron chi connectivity index (χ4n) is 4.32. The molecule has 2 aromatic carbocycles. The van der Waals surface area contributed by atoms with Gasteiger partial charge >= 0.3 is 37.9 Å². The van der Waals surface area contributed by atoms with E-state index in [0.717, 1.165) is 5.92 Å². The van der Waals surface area contributed by atoms with Crippen LogP contribution in [0, 0.1) is 34.6 Å². The predicted octanol–water partition coefficient (Wildman–Crippen LogP) is 9.51. The van der Waals surface area contributed by atoms with Gasteiger partial charge in [-0.2, -0.15) is 51.1 Å². The van der Waals surface area contributed by atoms with Crippen LogP contribution in [0.3, 0.4) is 0 Å². The van der Waals surface area contributed by atoms with Crippen molar-refractivity contribution in [3.63, 3.8) is 0 Å². The topological polar surface area (TPSA) is 0 Å². The van der Waals surface area contributed by atoms with Crippen LogP contribution in [-0.4, -0.2) is 0 Å². The standard InChI is InChI=1S/C16H25.C10H15.2ClH.Zr/c1-2-3-8-14-11-12-16(13-14)15-9-6-4-5-7-10-15;1-6-7(2)9(4)10(5)8(6)3;;;/h11-13,15H,2-10H2,1H3;1-5H3;2*1H;/q2*-1;;;+4/p-2. The molecule has 1 aliphatic carbocycles. The molecule has 3 rings (SSSR count). The van der Waals surface area contributed by atoms with Crippen molar-refractivity contribution in [1.82, 2.24) is 0 Å². The van der Waals surface area contributed by atoms with E-state index in [-0.39, 0.29) is 0 Å². The molecule has 0 heterocycles. The Kier molecular flexibility index (Phi) is 14.1. The summed E-state index contributed by atoms with van der Waals surface area (Å²) in [6, 6.07) is 7.22. The zero-order valence-corrected chi connectivity index (χ0v) is 23.4. The number of halogens is 2. The predicted molar refractivity (Wildman–Crippen MR) is 129 cm³/mol. The third-order valence-corrected chi connectivity index (χ3v) is 6.80. The van der Waals surface area contributed by atoms with E-state index in [1.807, 2.05) is 0 Å². The summed E-state index contributed by atoms with van der Waals surface area (Å²) >= 11 is -0.826. The fraction of sp³-hybridized carbons (Fsp3) is 0.615. The Morgan fingerprint density at radius 1 is 0.966 bits per heavy atom. The number of hydrogen-bond donors (Lipinski definition) is 0. The third-order valence-electron chi connectivity index (χ3n) is 6.80. The van der Waals surface area contributed by atoms with Gasteiger partial charge in [0, 0.05) is 0 Å². The number of rotatable bonds is 4. The summed E-state index contributed by atoms with van der Waals surface area (Å²) in [5.41, 5.74) is 10.5. The van der Waals surface area contributed by atoms with E-state index in [9.17, 15) is 0 Å². The van der Waals surface area contributed by atoms with E-state index >= 15 is 0 Å². The van der Waals surface area contributed by atoms with Gasteiger partial charge in [0.15, 0.2) is 0 Å². The van der Waals surface area contributed by atoms with Gasteiger partial charge in [0.2, 0.25) is 0 Å². The molecule has 162 valence electrons. The second kappa shape index (κ2) is 15.0. The van der Waals surface area contributed by atoms with Crippen LogP contribution in [0.25, 0.3) is 0 Å². The molecule has 0 aliphatic heterocycles. The van der Waals surface area contributed by atoms with Crippen molar-refractivity contribution in [3.05, 3.63) is 57.1 Å². The first-order valence-electron chi connectivity index (χ1n) is 11.3. The summed E-state index contributed by atoms with van der Waals surface area (Å²) < 4.78 is 0. The Hall–Kier alpha value is 0.163. The molecule has 3 heteroatoms. The van der Waals surface area contributed by atoms with E-state index in [4.69, 9.17) is 17.0 Å². The molecule has 29 heavy (non-hydrogen) atoms. The van der Waals surface area contributed by atoms with Crippen molar-refractivity contribution in [2.24, 2.45) is 0 Å². The third kappa shape index (κ3) is 9.05. The van der Waals surface area contributed by atoms with Gasteiger partial charge in [-0.15, -0.1) is 0 Å². The van der Waals surface area contributed by atoms with Gasteiger partial charge in [-0.05, 0) is 0 Å². The molecular weight excluding hydrogens is 474 g/mol. The normalized spacial score (nSPS) is 14.2. The molecule has 1 aliphatic rings. The van der Waals surface area contributed by atoms with Gasteiger partial charge in [-0.3, -0.25) is 0 Å². The first kappa shape index (κ1) is 27.2. The van der Waals surface area contributed by atoms with E-state index in [2.05, 4.69) is 59.7 Å². The van der Waals surface area contributed by atoms with Crippen molar-refractivity contribution in [2.45, 2.75) is 105 Å². The quantitative estimate of drug-likeness (QED) is 0.281. The molecule has 0 aromatic heterocycles. The summed E-state index contributed by atoms with van der Waals surface area (Å²) in [6.07, 6.45) is 12.6. The molecule has 0 N–H and O–H groups in total. The second-order valence-electron chi connectivity index (χ2n) is 8.54. The Morgan fingerprint density at radius 2 is 1.48 bits per heavy atom. The van der Waals surface area contributed by atoms with E-state index in [1.54, 1.807) is 11.1 Å². The molecule has 2 aromatic rings. The first-order chi connectivity index (χ1) is 13.9. The van der Waals surface area contributed by atoms with Crippen molar-refractivity contribution in [2.75, 3.05) is 0 Å². The Balaban J connectivity index is 0.000000277. The summed E-state index contributed by atoms with van der Waals surface area (Å²) in [7, 11) is 9.87. The van der Waals surface area contributed by atoms with Crippen LogP contribution in [0.2, 0.25) is 0 Å². The number of unbranched alkanes of at least 4 members (excludes halogenated alkanes) is 1. The van der Waals surface area contributed by atoms with E-state index in [1.165, 1.54) is 85.6 Å². The van der Waals surface area contributed by atoms with Gasteiger partial charge in [-0.25, -0.2) is 6.07 Å². The van der Waals surface area contributed by atoms with Crippen LogP contribution < -0.4 is 0 Å². The SMILES string of the molecule is CCCC[c-]1ccc(C2CCCCCC2)c1.Cc1c(C)c(C)[c-](C)c1C.[Cl][Zr+2][Cl]. The molecular formula is C26H40Cl2Zr. The average molecular weight is 515 g/mol. The minimum atomic E-state index is -0.826. The van der Waals surface area contributed by atoms with Crippen LogP contribution in [0.5, 0.6) is 0 Å². The molecule has 0 radical (unpaired) electrons. The van der Waals surface area contributed by atoms with E-state index in [0.29, 0.717) is 0 Å². The van der Waals surface area contributed by atoms with Crippen LogP contribution in [0.4, 0.5) is 0 Å². The number of hydrogen-bond acceptors (Lipinski definition) is 0. The van der Waals surface area contributed by atoms with Gasteiger partial charge < -0.3 is 0 Å². The van der Waals surface area contributed by atoms with E-state index < -0.39 is 20.8 Å². The zero-order valence-electron chi connectivity index (χ0n) is 19.4. The Labute approximate surface area is 199 Å². The molecule has 0 unspecified atom stereocenters. The molecule has 0 spiro atoms. The molecule has 0 nitrogen and oxygen atoms in total. The number of aryl methyl sites for hydroxylation is 1. The molecule has 0 saturated heterocycles. The van der Waals surface area contributed by atoms with Crippen molar-refractivity contribution in [3.8, 4) is 0 Å². The molecule has 1 saturated carbocycles. The van der Waals surface area contributed by atoms with Gasteiger partial charge in [0.25, 0.3) is 0 Å². The van der Waals surface area contributed by atoms with Gasteiger partial charge in [-0.1, -0.05) is 105 Å². The maximum atomic E-state index is 4.93. The van der Waals surface area contributed by atoms with Crippen LogP contribution in [-0.2, 0) is 27.3 Å². The zero-order chi connectivity index (χ0) is 21.8. The van der Waals surface area contributed by atoms with Crippen molar-refractivity contribution >= 4 is 17.0 Å². The van der Waals surface area contributed by atoms with Crippen LogP contribution in [0.1, 0.15) is 103 Å². The molecule has 1 fully saturated rings. The summed E-state index contributed by atoms with van der Waals surface area (Å²) in [4.78, 5) is 0. The Bertz CT molecular complexity index is 608. The monoisotopic (exact) mass is 512 g/mol. The summed E-state index contributed by atoms with van der Waals surface area (Å²) in [5, 5.41) is 0. The van der Waals surface area contributed by atoms with Crippen molar-refractivity contribution < 1.29 is 20.8 Å². The van der Waals surface area contributed by atoms with Crippen LogP contribution in [0.15, 0.2) is 18.2 Å². The molecule has 0 amide bonds. The first-order valence-corrected chi connectivity index (χ1v) is 17.6. The fourth-order valence-corrected chi connectivity index (χ4v) is 4.32. The minimum absolute atomic E-state index is 0.826.